The van der Waals surface area contributed by atoms with E-state index in [1.807, 2.05) is 0 Å². The molecule has 0 bridgehead atoms. The van der Waals surface area contributed by atoms with Gasteiger partial charge in [-0.25, -0.2) is 0 Å². The monoisotopic (exact) mass is 173 g/mol. The zero-order valence-electron chi connectivity index (χ0n) is 5.79. The van der Waals surface area contributed by atoms with Crippen molar-refractivity contribution < 1.29 is 5.11 Å². The molecule has 0 radical (unpaired) electrons. The molecule has 1 heterocycles. The van der Waals surface area contributed by atoms with Gasteiger partial charge in [-0.05, 0) is 6.07 Å². The van der Waals surface area contributed by atoms with Crippen LogP contribution < -0.4 is 5.73 Å². The van der Waals surface area contributed by atoms with Crippen molar-refractivity contribution in [1.29, 1.82) is 0 Å². The lowest BCUT2D eigenvalue weighted by Crippen LogP contribution is -2.00. The molecule has 0 fully saturated rings. The largest absolute Gasteiger partial charge is 0.396 e. The molecule has 1 rings (SSSR count). The van der Waals surface area contributed by atoms with E-state index in [-0.39, 0.29) is 12.4 Å². The average molecular weight is 174 g/mol. The molecule has 1 aromatic heterocycles. The third-order valence-corrected chi connectivity index (χ3v) is 1.49. The van der Waals surface area contributed by atoms with Gasteiger partial charge in [-0.2, -0.15) is 5.10 Å². The summed E-state index contributed by atoms with van der Waals surface area (Å²) in [5.74, 6) is 0.216. The summed E-state index contributed by atoms with van der Waals surface area (Å²) in [5, 5.41) is 16.2. The van der Waals surface area contributed by atoms with Gasteiger partial charge >= 0.3 is 0 Å². The summed E-state index contributed by atoms with van der Waals surface area (Å²) < 4.78 is 0. The Bertz CT molecular complexity index is 254. The number of aromatic nitrogens is 2. The molecule has 4 nitrogen and oxygen atoms in total. The number of halogens is 1. The van der Waals surface area contributed by atoms with E-state index in [9.17, 15) is 0 Å². The molecule has 0 saturated heterocycles. The van der Waals surface area contributed by atoms with Gasteiger partial charge in [0.2, 0.25) is 0 Å². The Morgan fingerprint density at radius 1 is 1.55 bits per heavy atom. The summed E-state index contributed by atoms with van der Waals surface area (Å²) in [6, 6.07) is 1.60. The third kappa shape index (κ3) is 2.03. The van der Waals surface area contributed by atoms with Crippen LogP contribution in [0.5, 0.6) is 0 Å². The number of hydrogen-bond acceptors (Lipinski definition) is 4. The van der Waals surface area contributed by atoms with E-state index in [2.05, 4.69) is 10.2 Å². The summed E-state index contributed by atoms with van der Waals surface area (Å²) in [6.07, 6.45) is 0.451. The molecule has 0 aromatic carbocycles. The lowest BCUT2D eigenvalue weighted by Gasteiger charge is -1.98. The molecular formula is C6H8ClN3O. The molecule has 0 aliphatic carbocycles. The molecule has 0 atom stereocenters. The fraction of sp³-hybridized carbons (Fsp3) is 0.333. The van der Waals surface area contributed by atoms with Crippen molar-refractivity contribution in [3.63, 3.8) is 0 Å². The maximum atomic E-state index is 8.54. The summed E-state index contributed by atoms with van der Waals surface area (Å²) in [4.78, 5) is 0. The van der Waals surface area contributed by atoms with Gasteiger partial charge in [-0.1, -0.05) is 11.6 Å². The number of nitrogen functional groups attached to an aromatic ring is 1. The molecule has 0 aliphatic heterocycles. The molecule has 1 aromatic rings. The Hall–Kier alpha value is -0.870. The average Bonchev–Trinajstić information content (AvgIpc) is 1.98. The van der Waals surface area contributed by atoms with Gasteiger partial charge in [-0.15, -0.1) is 5.10 Å². The lowest BCUT2D eigenvalue weighted by atomic mass is 10.3. The molecule has 0 unspecified atom stereocenters. The van der Waals surface area contributed by atoms with Crippen molar-refractivity contribution in [2.75, 3.05) is 12.3 Å². The molecule has 5 heteroatoms. The standard InChI is InChI=1S/C6H8ClN3O/c7-5-3-4(1-2-11)9-10-6(5)8/h3,11H,1-2H2,(H2,8,10). The summed E-state index contributed by atoms with van der Waals surface area (Å²) in [7, 11) is 0. The highest BCUT2D eigenvalue weighted by Gasteiger charge is 2.00. The number of nitrogens with two attached hydrogens (primary N) is 1. The highest BCUT2D eigenvalue weighted by Crippen LogP contribution is 2.14. The van der Waals surface area contributed by atoms with Gasteiger partial charge in [-0.3, -0.25) is 0 Å². The number of anilines is 1. The van der Waals surface area contributed by atoms with E-state index in [0.717, 1.165) is 0 Å². The Labute approximate surface area is 69.0 Å². The number of aliphatic hydroxyl groups excluding tert-OH is 1. The first-order valence-electron chi connectivity index (χ1n) is 3.12. The Kier molecular flexibility index (Phi) is 2.62. The quantitative estimate of drug-likeness (QED) is 0.673. The number of aliphatic hydroxyl groups is 1. The van der Waals surface area contributed by atoms with Gasteiger partial charge in [0.15, 0.2) is 5.82 Å². The Balaban J connectivity index is 2.86. The normalized spacial score (nSPS) is 10.0. The van der Waals surface area contributed by atoms with Crippen molar-refractivity contribution in [1.82, 2.24) is 10.2 Å². The fourth-order valence-corrected chi connectivity index (χ4v) is 0.815. The molecule has 0 aliphatic rings. The summed E-state index contributed by atoms with van der Waals surface area (Å²) in [5.41, 5.74) is 5.96. The van der Waals surface area contributed by atoms with E-state index < -0.39 is 0 Å². The van der Waals surface area contributed by atoms with Crippen molar-refractivity contribution in [2.45, 2.75) is 6.42 Å². The van der Waals surface area contributed by atoms with Crippen LogP contribution >= 0.6 is 11.6 Å². The van der Waals surface area contributed by atoms with Crippen LogP contribution in [0.25, 0.3) is 0 Å². The highest BCUT2D eigenvalue weighted by atomic mass is 35.5. The van der Waals surface area contributed by atoms with Crippen LogP contribution in [0.4, 0.5) is 5.82 Å². The zero-order chi connectivity index (χ0) is 8.27. The first kappa shape index (κ1) is 8.23. The SMILES string of the molecule is Nc1nnc(CCO)cc1Cl. The highest BCUT2D eigenvalue weighted by molar-refractivity contribution is 6.32. The van der Waals surface area contributed by atoms with Crippen molar-refractivity contribution in [2.24, 2.45) is 0 Å². The number of rotatable bonds is 2. The van der Waals surface area contributed by atoms with Crippen LogP contribution in [-0.2, 0) is 6.42 Å². The smallest absolute Gasteiger partial charge is 0.164 e. The second-order valence-electron chi connectivity index (χ2n) is 2.04. The minimum absolute atomic E-state index is 0.0366. The minimum atomic E-state index is 0.0366. The van der Waals surface area contributed by atoms with Crippen LogP contribution in [0.15, 0.2) is 6.07 Å². The predicted octanol–water partition coefficient (Wildman–Crippen LogP) is 0.247. The first-order valence-corrected chi connectivity index (χ1v) is 3.50. The van der Waals surface area contributed by atoms with Gasteiger partial charge in [0, 0.05) is 13.0 Å². The molecule has 11 heavy (non-hydrogen) atoms. The Morgan fingerprint density at radius 3 is 2.82 bits per heavy atom. The molecule has 60 valence electrons. The third-order valence-electron chi connectivity index (χ3n) is 1.19. The van der Waals surface area contributed by atoms with Gasteiger partial charge in [0.05, 0.1) is 10.7 Å². The topological polar surface area (TPSA) is 72.0 Å². The van der Waals surface area contributed by atoms with Crippen LogP contribution in [0.3, 0.4) is 0 Å². The van der Waals surface area contributed by atoms with E-state index >= 15 is 0 Å². The van der Waals surface area contributed by atoms with Gasteiger partial charge < -0.3 is 10.8 Å². The minimum Gasteiger partial charge on any atom is -0.396 e. The van der Waals surface area contributed by atoms with Gasteiger partial charge in [0.25, 0.3) is 0 Å². The summed E-state index contributed by atoms with van der Waals surface area (Å²) in [6.45, 7) is 0.0366. The molecule has 0 amide bonds. The van der Waals surface area contributed by atoms with Crippen molar-refractivity contribution in [3.8, 4) is 0 Å². The second kappa shape index (κ2) is 3.50. The van der Waals surface area contributed by atoms with Gasteiger partial charge in [0.1, 0.15) is 0 Å². The number of hydrogen-bond donors (Lipinski definition) is 2. The van der Waals surface area contributed by atoms with Crippen LogP contribution in [0.1, 0.15) is 5.69 Å². The molecule has 0 saturated carbocycles. The van der Waals surface area contributed by atoms with E-state index in [4.69, 9.17) is 22.4 Å². The van der Waals surface area contributed by atoms with Crippen molar-refractivity contribution in [3.05, 3.63) is 16.8 Å². The van der Waals surface area contributed by atoms with Crippen LogP contribution in [-0.4, -0.2) is 21.9 Å². The predicted molar refractivity (Wildman–Crippen MR) is 42.2 cm³/mol. The maximum absolute atomic E-state index is 8.54. The Morgan fingerprint density at radius 2 is 2.27 bits per heavy atom. The molecule has 0 spiro atoms. The van der Waals surface area contributed by atoms with E-state index in [1.54, 1.807) is 6.07 Å². The second-order valence-corrected chi connectivity index (χ2v) is 2.45. The number of nitrogens with zero attached hydrogens (tertiary/aromatic N) is 2. The molecular weight excluding hydrogens is 166 g/mol. The fourth-order valence-electron chi connectivity index (χ4n) is 0.652. The van der Waals surface area contributed by atoms with Crippen LogP contribution in [0, 0.1) is 0 Å². The van der Waals surface area contributed by atoms with Crippen LogP contribution in [0.2, 0.25) is 5.02 Å². The lowest BCUT2D eigenvalue weighted by molar-refractivity contribution is 0.298. The molecule has 3 N–H and O–H groups in total. The van der Waals surface area contributed by atoms with E-state index in [0.29, 0.717) is 17.1 Å². The zero-order valence-corrected chi connectivity index (χ0v) is 6.54. The maximum Gasteiger partial charge on any atom is 0.164 e. The summed E-state index contributed by atoms with van der Waals surface area (Å²) >= 11 is 5.64. The van der Waals surface area contributed by atoms with E-state index in [1.165, 1.54) is 0 Å². The first-order chi connectivity index (χ1) is 5.24. The van der Waals surface area contributed by atoms with Crippen molar-refractivity contribution >= 4 is 17.4 Å².